The number of esters is 1. The van der Waals surface area contributed by atoms with Crippen LogP contribution in [0.25, 0.3) is 5.65 Å². The quantitative estimate of drug-likeness (QED) is 0.832. The number of fused-ring (bicyclic) bond motifs is 1. The Labute approximate surface area is 146 Å². The summed E-state index contributed by atoms with van der Waals surface area (Å²) in [4.78, 5) is 28.7. The lowest BCUT2D eigenvalue weighted by atomic mass is 9.99. The summed E-state index contributed by atoms with van der Waals surface area (Å²) in [5.74, 6) is -0.459. The number of carbonyl (C=O) groups excluding carboxylic acids is 2. The van der Waals surface area contributed by atoms with Crippen molar-refractivity contribution in [3.05, 3.63) is 35.8 Å². The van der Waals surface area contributed by atoms with E-state index in [1.807, 2.05) is 34.7 Å². The third-order valence-electron chi connectivity index (χ3n) is 4.47. The van der Waals surface area contributed by atoms with Crippen LogP contribution in [-0.2, 0) is 20.7 Å². The van der Waals surface area contributed by atoms with Crippen molar-refractivity contribution in [2.45, 2.75) is 33.1 Å². The minimum absolute atomic E-state index is 0.104. The zero-order valence-electron chi connectivity index (χ0n) is 14.7. The Morgan fingerprint density at radius 3 is 3.08 bits per heavy atom. The number of pyridine rings is 1. The first-order valence-corrected chi connectivity index (χ1v) is 8.71. The van der Waals surface area contributed by atoms with Gasteiger partial charge in [0.25, 0.3) is 0 Å². The number of aryl methyl sites for hydroxylation is 1. The second-order valence-corrected chi connectivity index (χ2v) is 6.38. The lowest BCUT2D eigenvalue weighted by Crippen LogP contribution is -2.49. The molecule has 0 radical (unpaired) electrons. The highest BCUT2D eigenvalue weighted by Crippen LogP contribution is 2.17. The lowest BCUT2D eigenvalue weighted by Gasteiger charge is -2.31. The molecule has 0 aliphatic carbocycles. The highest BCUT2D eigenvalue weighted by Gasteiger charge is 2.27. The predicted molar refractivity (Wildman–Crippen MR) is 92.7 cm³/mol. The molecule has 1 N–H and O–H groups in total. The molecule has 0 unspecified atom stereocenters. The molecule has 0 bridgehead atoms. The van der Waals surface area contributed by atoms with Gasteiger partial charge in [-0.2, -0.15) is 0 Å². The van der Waals surface area contributed by atoms with Gasteiger partial charge < -0.3 is 9.14 Å². The van der Waals surface area contributed by atoms with E-state index in [1.54, 1.807) is 13.1 Å². The van der Waals surface area contributed by atoms with E-state index in [4.69, 9.17) is 4.74 Å². The van der Waals surface area contributed by atoms with Crippen LogP contribution in [0.1, 0.15) is 31.0 Å². The van der Waals surface area contributed by atoms with Gasteiger partial charge in [0, 0.05) is 25.5 Å². The van der Waals surface area contributed by atoms with Gasteiger partial charge in [-0.1, -0.05) is 6.07 Å². The summed E-state index contributed by atoms with van der Waals surface area (Å²) in [6, 6.07) is 3.94. The highest BCUT2D eigenvalue weighted by molar-refractivity contribution is 5.78. The molecule has 1 saturated heterocycles. The molecular formula is C18H24N4O3. The minimum Gasteiger partial charge on any atom is -0.466 e. The number of nitrogens with one attached hydrogen (secondary N) is 1. The summed E-state index contributed by atoms with van der Waals surface area (Å²) < 4.78 is 7.03. The van der Waals surface area contributed by atoms with Gasteiger partial charge in [-0.05, 0) is 38.3 Å². The van der Waals surface area contributed by atoms with E-state index in [0.29, 0.717) is 13.2 Å². The number of hydrazine groups is 1. The third-order valence-corrected chi connectivity index (χ3v) is 4.47. The first kappa shape index (κ1) is 17.4. The molecule has 134 valence electrons. The summed E-state index contributed by atoms with van der Waals surface area (Å²) in [6.45, 7) is 5.42. The maximum atomic E-state index is 12.4. The fraction of sp³-hybridized carbons (Fsp3) is 0.500. The highest BCUT2D eigenvalue weighted by atomic mass is 16.5. The largest absolute Gasteiger partial charge is 0.466 e. The van der Waals surface area contributed by atoms with Gasteiger partial charge in [0.2, 0.25) is 5.91 Å². The molecule has 1 atom stereocenters. The van der Waals surface area contributed by atoms with Crippen LogP contribution in [0.4, 0.5) is 0 Å². The minimum atomic E-state index is -0.182. The van der Waals surface area contributed by atoms with E-state index < -0.39 is 0 Å². The van der Waals surface area contributed by atoms with Gasteiger partial charge in [-0.15, -0.1) is 0 Å². The van der Waals surface area contributed by atoms with Crippen molar-refractivity contribution in [3.63, 3.8) is 0 Å². The molecule has 7 heteroatoms. The van der Waals surface area contributed by atoms with Crippen molar-refractivity contribution in [2.75, 3.05) is 19.7 Å². The number of amides is 1. The van der Waals surface area contributed by atoms with Gasteiger partial charge in [-0.25, -0.2) is 9.99 Å². The molecule has 2 aromatic heterocycles. The Bertz CT molecular complexity index is 771. The van der Waals surface area contributed by atoms with Crippen LogP contribution in [-0.4, -0.2) is 46.0 Å². The summed E-state index contributed by atoms with van der Waals surface area (Å²) in [5.41, 5.74) is 5.69. The number of hydrogen-bond donors (Lipinski definition) is 1. The average molecular weight is 344 g/mol. The lowest BCUT2D eigenvalue weighted by molar-refractivity contribution is -0.151. The Kier molecular flexibility index (Phi) is 5.33. The number of imidazole rings is 1. The summed E-state index contributed by atoms with van der Waals surface area (Å²) in [7, 11) is 0. The molecule has 0 saturated carbocycles. The molecule has 3 rings (SSSR count). The molecule has 25 heavy (non-hydrogen) atoms. The molecule has 1 fully saturated rings. The third kappa shape index (κ3) is 3.99. The standard InChI is InChI=1S/C18H24N4O3/c1-3-25-18(24)14-7-5-8-21(12-14)20-16(23)10-15-11-19-17-13(2)6-4-9-22(15)17/h4,6,9,11,14H,3,5,7-8,10,12H2,1-2H3,(H,20,23)/t14-/m1/s1. The summed E-state index contributed by atoms with van der Waals surface area (Å²) in [6.07, 6.45) is 5.55. The van der Waals surface area contributed by atoms with Crippen LogP contribution in [0.3, 0.4) is 0 Å². The van der Waals surface area contributed by atoms with E-state index in [-0.39, 0.29) is 24.2 Å². The van der Waals surface area contributed by atoms with Crippen LogP contribution in [0, 0.1) is 12.8 Å². The van der Waals surface area contributed by atoms with Crippen LogP contribution in [0.15, 0.2) is 24.5 Å². The van der Waals surface area contributed by atoms with Crippen molar-refractivity contribution >= 4 is 17.5 Å². The Hall–Kier alpha value is -2.41. The van der Waals surface area contributed by atoms with Crippen LogP contribution >= 0.6 is 0 Å². The van der Waals surface area contributed by atoms with E-state index in [0.717, 1.165) is 36.3 Å². The summed E-state index contributed by atoms with van der Waals surface area (Å²) >= 11 is 0. The van der Waals surface area contributed by atoms with Crippen molar-refractivity contribution in [1.29, 1.82) is 0 Å². The van der Waals surface area contributed by atoms with Gasteiger partial charge in [0.1, 0.15) is 5.65 Å². The first-order chi connectivity index (χ1) is 12.1. The molecule has 0 aromatic carbocycles. The van der Waals surface area contributed by atoms with E-state index in [9.17, 15) is 9.59 Å². The number of aromatic nitrogens is 2. The van der Waals surface area contributed by atoms with Crippen LogP contribution < -0.4 is 5.43 Å². The fourth-order valence-corrected chi connectivity index (χ4v) is 3.24. The number of carbonyl (C=O) groups is 2. The second-order valence-electron chi connectivity index (χ2n) is 6.38. The number of piperidine rings is 1. The van der Waals surface area contributed by atoms with E-state index in [1.165, 1.54) is 0 Å². The SMILES string of the molecule is CCOC(=O)[C@@H]1CCCN(NC(=O)Cc2cnc3c(C)cccn23)C1. The second kappa shape index (κ2) is 7.65. The van der Waals surface area contributed by atoms with Crippen molar-refractivity contribution in [2.24, 2.45) is 5.92 Å². The first-order valence-electron chi connectivity index (χ1n) is 8.71. The number of ether oxygens (including phenoxy) is 1. The smallest absolute Gasteiger partial charge is 0.310 e. The maximum Gasteiger partial charge on any atom is 0.310 e. The summed E-state index contributed by atoms with van der Waals surface area (Å²) in [5, 5.41) is 1.82. The Morgan fingerprint density at radius 1 is 1.44 bits per heavy atom. The molecular weight excluding hydrogens is 320 g/mol. The fourth-order valence-electron chi connectivity index (χ4n) is 3.24. The predicted octanol–water partition coefficient (Wildman–Crippen LogP) is 1.49. The van der Waals surface area contributed by atoms with E-state index >= 15 is 0 Å². The molecule has 2 aromatic rings. The topological polar surface area (TPSA) is 75.9 Å². The molecule has 1 aliphatic rings. The van der Waals surface area contributed by atoms with Crippen molar-refractivity contribution < 1.29 is 14.3 Å². The van der Waals surface area contributed by atoms with Crippen molar-refractivity contribution in [3.8, 4) is 0 Å². The number of hydrogen-bond acceptors (Lipinski definition) is 5. The molecule has 1 aliphatic heterocycles. The monoisotopic (exact) mass is 344 g/mol. The molecule has 1 amide bonds. The molecule has 7 nitrogen and oxygen atoms in total. The zero-order valence-corrected chi connectivity index (χ0v) is 14.7. The van der Waals surface area contributed by atoms with Gasteiger partial charge >= 0.3 is 5.97 Å². The Morgan fingerprint density at radius 2 is 2.28 bits per heavy atom. The number of nitrogens with zero attached hydrogens (tertiary/aromatic N) is 3. The normalized spacial score (nSPS) is 18.2. The van der Waals surface area contributed by atoms with E-state index in [2.05, 4.69) is 10.4 Å². The van der Waals surface area contributed by atoms with Crippen LogP contribution in [0.5, 0.6) is 0 Å². The number of rotatable bonds is 5. The van der Waals surface area contributed by atoms with Crippen molar-refractivity contribution in [1.82, 2.24) is 19.8 Å². The Balaban J connectivity index is 1.60. The van der Waals surface area contributed by atoms with Gasteiger partial charge in [-0.3, -0.25) is 15.0 Å². The average Bonchev–Trinajstić information content (AvgIpc) is 2.99. The molecule has 0 spiro atoms. The maximum absolute atomic E-state index is 12.4. The zero-order chi connectivity index (χ0) is 17.8. The van der Waals surface area contributed by atoms with Gasteiger partial charge in [0.15, 0.2) is 0 Å². The molecule has 3 heterocycles. The van der Waals surface area contributed by atoms with Gasteiger partial charge in [0.05, 0.1) is 24.6 Å². The van der Waals surface area contributed by atoms with Crippen LogP contribution in [0.2, 0.25) is 0 Å².